The Morgan fingerprint density at radius 2 is 2.07 bits per heavy atom. The fourth-order valence-corrected chi connectivity index (χ4v) is 3.33. The van der Waals surface area contributed by atoms with E-state index in [1.807, 2.05) is 30.3 Å². The van der Waals surface area contributed by atoms with Gasteiger partial charge in [0.25, 0.3) is 5.91 Å². The van der Waals surface area contributed by atoms with Crippen LogP contribution in [0.15, 0.2) is 30.3 Å². The van der Waals surface area contributed by atoms with Crippen molar-refractivity contribution in [2.24, 2.45) is 5.92 Å². The minimum absolute atomic E-state index is 0.0227. The van der Waals surface area contributed by atoms with E-state index in [0.717, 1.165) is 6.54 Å². The smallest absolute Gasteiger partial charge is 0.254 e. The summed E-state index contributed by atoms with van der Waals surface area (Å²) >= 11 is 0. The van der Waals surface area contributed by atoms with Crippen molar-refractivity contribution in [1.82, 2.24) is 9.80 Å². The van der Waals surface area contributed by atoms with Crippen molar-refractivity contribution < 1.29 is 24.1 Å². The summed E-state index contributed by atoms with van der Waals surface area (Å²) in [4.78, 5) is 16.9. The molecule has 164 valence electrons. The third-order valence-electron chi connectivity index (χ3n) is 4.75. The third-order valence-corrected chi connectivity index (χ3v) is 4.75. The number of carbonyl (C=O) groups excluding carboxylic acids is 1. The highest BCUT2D eigenvalue weighted by Gasteiger charge is 2.26. The van der Waals surface area contributed by atoms with Gasteiger partial charge in [-0.1, -0.05) is 32.0 Å². The molecule has 1 N–H and O–H groups in total. The summed E-state index contributed by atoms with van der Waals surface area (Å²) in [5, 5.41) is 10.2. The van der Waals surface area contributed by atoms with E-state index in [0.29, 0.717) is 64.1 Å². The summed E-state index contributed by atoms with van der Waals surface area (Å²) < 4.78 is 16.6. The fourth-order valence-electron chi connectivity index (χ4n) is 3.33. The third kappa shape index (κ3) is 8.80. The molecule has 1 aromatic carbocycles. The van der Waals surface area contributed by atoms with E-state index in [2.05, 4.69) is 18.7 Å². The van der Waals surface area contributed by atoms with E-state index in [9.17, 15) is 9.90 Å². The van der Waals surface area contributed by atoms with Gasteiger partial charge in [0, 0.05) is 52.0 Å². The van der Waals surface area contributed by atoms with Gasteiger partial charge in [-0.3, -0.25) is 9.69 Å². The molecule has 1 fully saturated rings. The van der Waals surface area contributed by atoms with Crippen LogP contribution in [0.3, 0.4) is 0 Å². The number of nitrogens with zero attached hydrogens (tertiary/aromatic N) is 2. The molecular weight excluding hydrogens is 372 g/mol. The van der Waals surface area contributed by atoms with Gasteiger partial charge >= 0.3 is 0 Å². The lowest BCUT2D eigenvalue weighted by molar-refractivity contribution is -0.0605. The number of methoxy groups -OCH3 is 1. The minimum atomic E-state index is -0.525. The van der Waals surface area contributed by atoms with Gasteiger partial charge in [0.05, 0.1) is 32.0 Å². The lowest BCUT2D eigenvalue weighted by Gasteiger charge is -2.36. The van der Waals surface area contributed by atoms with Gasteiger partial charge in [-0.15, -0.1) is 0 Å². The van der Waals surface area contributed by atoms with Gasteiger partial charge in [-0.25, -0.2) is 0 Å². The standard InChI is InChI=1S/C22H36N2O5/c1-18(2)16-28-17-20(25)13-23-9-12-29-21(14-23)15-24(10-11-27-3)22(26)19-7-5-4-6-8-19/h4-8,18,20-21,25H,9-17H2,1-3H3/t20-,21-/m0/s1. The molecule has 7 heteroatoms. The molecule has 0 aromatic heterocycles. The Bertz CT molecular complexity index is 584. The highest BCUT2D eigenvalue weighted by Crippen LogP contribution is 2.11. The van der Waals surface area contributed by atoms with Crippen molar-refractivity contribution >= 4 is 5.91 Å². The van der Waals surface area contributed by atoms with Crippen LogP contribution in [0.25, 0.3) is 0 Å². The molecule has 1 aliphatic heterocycles. The van der Waals surface area contributed by atoms with E-state index >= 15 is 0 Å². The zero-order chi connectivity index (χ0) is 21.1. The van der Waals surface area contributed by atoms with E-state index in [-0.39, 0.29) is 12.0 Å². The largest absolute Gasteiger partial charge is 0.389 e. The fraction of sp³-hybridized carbons (Fsp3) is 0.682. The van der Waals surface area contributed by atoms with Crippen molar-refractivity contribution in [3.63, 3.8) is 0 Å². The first-order valence-electron chi connectivity index (χ1n) is 10.4. The molecule has 1 amide bonds. The summed E-state index contributed by atoms with van der Waals surface area (Å²) in [5.41, 5.74) is 0.661. The molecule has 1 heterocycles. The van der Waals surface area contributed by atoms with Gasteiger partial charge in [0.15, 0.2) is 0 Å². The number of aliphatic hydroxyl groups is 1. The quantitative estimate of drug-likeness (QED) is 0.565. The number of hydrogen-bond donors (Lipinski definition) is 1. The number of amides is 1. The molecule has 1 aromatic rings. The topological polar surface area (TPSA) is 71.5 Å². The highest BCUT2D eigenvalue weighted by atomic mass is 16.5. The molecule has 1 saturated heterocycles. The Morgan fingerprint density at radius 3 is 2.76 bits per heavy atom. The Hall–Kier alpha value is -1.51. The van der Waals surface area contributed by atoms with Crippen LogP contribution in [0.4, 0.5) is 0 Å². The number of morpholine rings is 1. The second kappa shape index (κ2) is 12.9. The summed E-state index contributed by atoms with van der Waals surface area (Å²) in [5.74, 6) is 0.431. The summed E-state index contributed by atoms with van der Waals surface area (Å²) in [6.07, 6.45) is -0.625. The molecule has 0 saturated carbocycles. The molecule has 2 atom stereocenters. The molecule has 7 nitrogen and oxygen atoms in total. The van der Waals surface area contributed by atoms with Crippen LogP contribution >= 0.6 is 0 Å². The molecule has 2 rings (SSSR count). The monoisotopic (exact) mass is 408 g/mol. The minimum Gasteiger partial charge on any atom is -0.389 e. The highest BCUT2D eigenvalue weighted by molar-refractivity contribution is 5.94. The summed E-state index contributed by atoms with van der Waals surface area (Å²) in [7, 11) is 1.63. The normalized spacial score (nSPS) is 18.7. The zero-order valence-corrected chi connectivity index (χ0v) is 18.0. The summed E-state index contributed by atoms with van der Waals surface area (Å²) in [6.45, 7) is 9.21. The predicted octanol–water partition coefficient (Wildman–Crippen LogP) is 1.51. The molecule has 1 aliphatic rings. The number of benzene rings is 1. The van der Waals surface area contributed by atoms with Gasteiger partial charge in [0.1, 0.15) is 0 Å². The first-order chi connectivity index (χ1) is 14.0. The van der Waals surface area contributed by atoms with Crippen molar-refractivity contribution in [3.8, 4) is 0 Å². The molecule has 0 unspecified atom stereocenters. The number of rotatable bonds is 12. The molecule has 29 heavy (non-hydrogen) atoms. The van der Waals surface area contributed by atoms with E-state index < -0.39 is 6.10 Å². The van der Waals surface area contributed by atoms with Gasteiger partial charge < -0.3 is 24.2 Å². The number of β-amino-alcohol motifs (C(OH)–C–C–N with tert-alkyl or cyclic N) is 1. The number of hydrogen-bond acceptors (Lipinski definition) is 6. The van der Waals surface area contributed by atoms with Crippen LogP contribution in [0.2, 0.25) is 0 Å². The second-order valence-corrected chi connectivity index (χ2v) is 7.95. The molecule has 0 bridgehead atoms. The Labute approximate surface area is 174 Å². The van der Waals surface area contributed by atoms with E-state index in [1.54, 1.807) is 12.0 Å². The Morgan fingerprint density at radius 1 is 1.31 bits per heavy atom. The first kappa shape index (κ1) is 23.8. The lowest BCUT2D eigenvalue weighted by Crippen LogP contribution is -2.51. The first-order valence-corrected chi connectivity index (χ1v) is 10.4. The van der Waals surface area contributed by atoms with Crippen molar-refractivity contribution in [1.29, 1.82) is 0 Å². The zero-order valence-electron chi connectivity index (χ0n) is 18.0. The van der Waals surface area contributed by atoms with Crippen LogP contribution in [-0.4, -0.2) is 99.3 Å². The molecule has 0 radical (unpaired) electrons. The van der Waals surface area contributed by atoms with Crippen LogP contribution in [0.5, 0.6) is 0 Å². The van der Waals surface area contributed by atoms with Gasteiger partial charge in [-0.05, 0) is 18.1 Å². The van der Waals surface area contributed by atoms with Crippen LogP contribution in [0, 0.1) is 5.92 Å². The SMILES string of the molecule is COCCN(C[C@@H]1CN(C[C@H](O)COCC(C)C)CCO1)C(=O)c1ccccc1. The average molecular weight is 409 g/mol. The average Bonchev–Trinajstić information content (AvgIpc) is 2.71. The van der Waals surface area contributed by atoms with Crippen LogP contribution in [-0.2, 0) is 14.2 Å². The predicted molar refractivity (Wildman–Crippen MR) is 112 cm³/mol. The Kier molecular flexibility index (Phi) is 10.6. The van der Waals surface area contributed by atoms with E-state index in [1.165, 1.54) is 0 Å². The number of carbonyl (C=O) groups is 1. The maximum absolute atomic E-state index is 12.9. The lowest BCUT2D eigenvalue weighted by atomic mass is 10.1. The van der Waals surface area contributed by atoms with E-state index in [4.69, 9.17) is 14.2 Å². The maximum Gasteiger partial charge on any atom is 0.254 e. The van der Waals surface area contributed by atoms with Gasteiger partial charge in [-0.2, -0.15) is 0 Å². The number of ether oxygens (including phenoxy) is 3. The molecule has 0 aliphatic carbocycles. The van der Waals surface area contributed by atoms with Crippen molar-refractivity contribution in [3.05, 3.63) is 35.9 Å². The molecule has 0 spiro atoms. The second-order valence-electron chi connectivity index (χ2n) is 7.95. The van der Waals surface area contributed by atoms with Crippen LogP contribution < -0.4 is 0 Å². The van der Waals surface area contributed by atoms with Crippen molar-refractivity contribution in [2.75, 3.05) is 66.3 Å². The Balaban J connectivity index is 1.87. The van der Waals surface area contributed by atoms with Gasteiger partial charge in [0.2, 0.25) is 0 Å². The molecular formula is C22H36N2O5. The summed E-state index contributed by atoms with van der Waals surface area (Å²) in [6, 6.07) is 9.27. The van der Waals surface area contributed by atoms with Crippen molar-refractivity contribution in [2.45, 2.75) is 26.1 Å². The number of aliphatic hydroxyl groups excluding tert-OH is 1. The maximum atomic E-state index is 12.9. The van der Waals surface area contributed by atoms with Crippen LogP contribution in [0.1, 0.15) is 24.2 Å².